The molecule has 2 rings (SSSR count). The number of thiazole rings is 1. The Hall–Kier alpha value is -2.30. The Kier molecular flexibility index (Phi) is 6.41. The zero-order valence-corrected chi connectivity index (χ0v) is 14.4. The van der Waals surface area contributed by atoms with Crippen LogP contribution in [0.3, 0.4) is 0 Å². The number of nitriles is 1. The second-order valence-electron chi connectivity index (χ2n) is 5.09. The van der Waals surface area contributed by atoms with Gasteiger partial charge in [0, 0.05) is 24.0 Å². The summed E-state index contributed by atoms with van der Waals surface area (Å²) in [6, 6.07) is 6.39. The van der Waals surface area contributed by atoms with Crippen molar-refractivity contribution in [2.75, 3.05) is 13.2 Å². The van der Waals surface area contributed by atoms with Crippen LogP contribution in [0.2, 0.25) is 0 Å². The van der Waals surface area contributed by atoms with E-state index in [1.165, 1.54) is 17.4 Å². The molecular formula is C17H18FN3O2S. The molecule has 1 aromatic carbocycles. The van der Waals surface area contributed by atoms with Crippen LogP contribution in [0.15, 0.2) is 23.6 Å². The van der Waals surface area contributed by atoms with Gasteiger partial charge in [0.25, 0.3) is 0 Å². The van der Waals surface area contributed by atoms with Crippen molar-refractivity contribution in [1.82, 2.24) is 9.88 Å². The highest BCUT2D eigenvalue weighted by molar-refractivity contribution is 7.11. The highest BCUT2D eigenvalue weighted by Gasteiger charge is 2.15. The van der Waals surface area contributed by atoms with Crippen molar-refractivity contribution in [3.63, 3.8) is 0 Å². The summed E-state index contributed by atoms with van der Waals surface area (Å²) in [7, 11) is 0. The molecule has 0 bridgehead atoms. The van der Waals surface area contributed by atoms with E-state index in [2.05, 4.69) is 4.98 Å². The van der Waals surface area contributed by atoms with Crippen LogP contribution in [0, 0.1) is 17.1 Å². The van der Waals surface area contributed by atoms with Gasteiger partial charge in [0.05, 0.1) is 23.9 Å². The zero-order valence-electron chi connectivity index (χ0n) is 13.6. The number of halogens is 1. The van der Waals surface area contributed by atoms with Crippen LogP contribution < -0.4 is 0 Å². The molecule has 0 aliphatic carbocycles. The minimum absolute atomic E-state index is 0.304. The maximum Gasteiger partial charge on any atom is 0.367 e. The fourth-order valence-electron chi connectivity index (χ4n) is 2.16. The quantitative estimate of drug-likeness (QED) is 0.719. The maximum absolute atomic E-state index is 14.0. The van der Waals surface area contributed by atoms with Gasteiger partial charge in [-0.05, 0) is 25.6 Å². The van der Waals surface area contributed by atoms with E-state index in [0.29, 0.717) is 42.4 Å². The first-order valence-electron chi connectivity index (χ1n) is 7.59. The zero-order chi connectivity index (χ0) is 17.5. The molecule has 5 nitrogen and oxygen atoms in total. The highest BCUT2D eigenvalue weighted by Crippen LogP contribution is 2.17. The number of carbonyl (C=O) groups is 1. The van der Waals surface area contributed by atoms with E-state index >= 15 is 0 Å². The predicted octanol–water partition coefficient (Wildman–Crippen LogP) is 3.35. The first-order valence-corrected chi connectivity index (χ1v) is 8.47. The van der Waals surface area contributed by atoms with Gasteiger partial charge in [0.2, 0.25) is 5.01 Å². The number of hydrogen-bond donors (Lipinski definition) is 0. The fourth-order valence-corrected chi connectivity index (χ4v) is 2.86. The lowest BCUT2D eigenvalue weighted by Gasteiger charge is -2.19. The SMILES string of the molecule is CCOC(=O)c1nc(CN(CC)Cc2ccc(C#N)cc2F)cs1. The normalized spacial score (nSPS) is 10.6. The predicted molar refractivity (Wildman–Crippen MR) is 89.0 cm³/mol. The maximum atomic E-state index is 14.0. The molecule has 0 spiro atoms. The molecule has 0 radical (unpaired) electrons. The molecule has 0 saturated carbocycles. The largest absolute Gasteiger partial charge is 0.461 e. The van der Waals surface area contributed by atoms with Gasteiger partial charge in [-0.15, -0.1) is 11.3 Å². The van der Waals surface area contributed by atoms with E-state index in [-0.39, 0.29) is 0 Å². The van der Waals surface area contributed by atoms with Crippen LogP contribution >= 0.6 is 11.3 Å². The summed E-state index contributed by atoms with van der Waals surface area (Å²) in [5.41, 5.74) is 1.58. The Balaban J connectivity index is 2.05. The summed E-state index contributed by atoms with van der Waals surface area (Å²) >= 11 is 1.24. The second-order valence-corrected chi connectivity index (χ2v) is 5.94. The van der Waals surface area contributed by atoms with Crippen molar-refractivity contribution < 1.29 is 13.9 Å². The lowest BCUT2D eigenvalue weighted by atomic mass is 10.1. The Morgan fingerprint density at radius 2 is 2.21 bits per heavy atom. The average Bonchev–Trinajstić information content (AvgIpc) is 3.04. The van der Waals surface area contributed by atoms with E-state index in [1.807, 2.05) is 23.3 Å². The second kappa shape index (κ2) is 8.52. The molecule has 0 aliphatic heterocycles. The van der Waals surface area contributed by atoms with Crippen molar-refractivity contribution in [2.24, 2.45) is 0 Å². The molecule has 1 heterocycles. The standard InChI is InChI=1S/C17H18FN3O2S/c1-3-21(9-13-6-5-12(8-19)7-15(13)18)10-14-11-24-16(20-14)17(22)23-4-2/h5-7,11H,3-4,9-10H2,1-2H3. The molecule has 0 amide bonds. The minimum atomic E-state index is -0.421. The molecule has 0 fully saturated rings. The Morgan fingerprint density at radius 3 is 2.83 bits per heavy atom. The lowest BCUT2D eigenvalue weighted by molar-refractivity contribution is 0.0525. The van der Waals surface area contributed by atoms with Crippen LogP contribution in [-0.2, 0) is 17.8 Å². The van der Waals surface area contributed by atoms with Gasteiger partial charge in [-0.2, -0.15) is 5.26 Å². The number of carbonyl (C=O) groups excluding carboxylic acids is 1. The van der Waals surface area contributed by atoms with Crippen LogP contribution in [0.1, 0.15) is 40.5 Å². The summed E-state index contributed by atoms with van der Waals surface area (Å²) in [6.07, 6.45) is 0. The van der Waals surface area contributed by atoms with E-state index in [4.69, 9.17) is 10.00 Å². The summed E-state index contributed by atoms with van der Waals surface area (Å²) in [5, 5.41) is 10.9. The summed E-state index contributed by atoms with van der Waals surface area (Å²) in [5.74, 6) is -0.812. The van der Waals surface area contributed by atoms with Gasteiger partial charge in [0.15, 0.2) is 0 Å². The number of benzene rings is 1. The summed E-state index contributed by atoms with van der Waals surface area (Å²) < 4.78 is 18.9. The first kappa shape index (κ1) is 18.0. The topological polar surface area (TPSA) is 66.2 Å². The number of ether oxygens (including phenoxy) is 1. The van der Waals surface area contributed by atoms with Crippen molar-refractivity contribution >= 4 is 17.3 Å². The number of hydrogen-bond acceptors (Lipinski definition) is 6. The minimum Gasteiger partial charge on any atom is -0.461 e. The fraction of sp³-hybridized carbons (Fsp3) is 0.353. The lowest BCUT2D eigenvalue weighted by Crippen LogP contribution is -2.23. The van der Waals surface area contributed by atoms with Crippen LogP contribution in [0.25, 0.3) is 0 Å². The Bertz CT molecular complexity index is 755. The third-order valence-corrected chi connectivity index (χ3v) is 4.28. The summed E-state index contributed by atoms with van der Waals surface area (Å²) in [4.78, 5) is 17.9. The number of aromatic nitrogens is 1. The van der Waals surface area contributed by atoms with Gasteiger partial charge in [-0.25, -0.2) is 14.2 Å². The molecule has 0 aliphatic rings. The van der Waals surface area contributed by atoms with Gasteiger partial charge in [0.1, 0.15) is 5.82 Å². The van der Waals surface area contributed by atoms with Gasteiger partial charge >= 0.3 is 5.97 Å². The number of nitrogens with zero attached hydrogens (tertiary/aromatic N) is 3. The number of esters is 1. The molecule has 7 heteroatoms. The van der Waals surface area contributed by atoms with Gasteiger partial charge in [-0.1, -0.05) is 13.0 Å². The van der Waals surface area contributed by atoms with Crippen LogP contribution in [0.4, 0.5) is 4.39 Å². The van der Waals surface area contributed by atoms with E-state index in [9.17, 15) is 9.18 Å². The molecule has 1 aromatic heterocycles. The smallest absolute Gasteiger partial charge is 0.367 e. The van der Waals surface area contributed by atoms with Gasteiger partial charge < -0.3 is 4.74 Å². The molecule has 0 atom stereocenters. The van der Waals surface area contributed by atoms with E-state index in [1.54, 1.807) is 19.1 Å². The first-order chi connectivity index (χ1) is 11.6. The number of rotatable bonds is 7. The highest BCUT2D eigenvalue weighted by atomic mass is 32.1. The molecule has 0 unspecified atom stereocenters. The molecule has 126 valence electrons. The van der Waals surface area contributed by atoms with Crippen LogP contribution in [0.5, 0.6) is 0 Å². The van der Waals surface area contributed by atoms with Crippen LogP contribution in [-0.4, -0.2) is 29.0 Å². The van der Waals surface area contributed by atoms with Crippen molar-refractivity contribution in [3.8, 4) is 6.07 Å². The van der Waals surface area contributed by atoms with Crippen molar-refractivity contribution in [3.05, 3.63) is 51.2 Å². The molecular weight excluding hydrogens is 329 g/mol. The third kappa shape index (κ3) is 4.60. The molecule has 24 heavy (non-hydrogen) atoms. The van der Waals surface area contributed by atoms with Gasteiger partial charge in [-0.3, -0.25) is 4.90 Å². The third-order valence-electron chi connectivity index (χ3n) is 3.41. The van der Waals surface area contributed by atoms with E-state index < -0.39 is 11.8 Å². The Labute approximate surface area is 144 Å². The molecule has 0 saturated heterocycles. The Morgan fingerprint density at radius 1 is 1.42 bits per heavy atom. The summed E-state index contributed by atoms with van der Waals surface area (Å²) in [6.45, 7) is 5.64. The van der Waals surface area contributed by atoms with E-state index in [0.717, 1.165) is 5.69 Å². The van der Waals surface area contributed by atoms with Crippen molar-refractivity contribution in [2.45, 2.75) is 26.9 Å². The molecule has 0 N–H and O–H groups in total. The average molecular weight is 347 g/mol. The van der Waals surface area contributed by atoms with Crippen molar-refractivity contribution in [1.29, 1.82) is 5.26 Å². The monoisotopic (exact) mass is 347 g/mol. The molecule has 2 aromatic rings.